The Morgan fingerprint density at radius 2 is 1.76 bits per heavy atom. The SMILES string of the molecule is O=C(NC12CC3CC(CC(C3)C1)C2)C1CCN(c2nc3ccc(F)cc3s2)CC1. The minimum absolute atomic E-state index is 0.111. The molecule has 0 atom stereocenters. The van der Waals surface area contributed by atoms with Crippen LogP contribution in [0.2, 0.25) is 0 Å². The molecule has 5 fully saturated rings. The zero-order valence-corrected chi connectivity index (χ0v) is 17.5. The van der Waals surface area contributed by atoms with Crippen LogP contribution in [0.25, 0.3) is 10.2 Å². The number of aromatic nitrogens is 1. The van der Waals surface area contributed by atoms with Crippen LogP contribution in [0.1, 0.15) is 51.4 Å². The number of amides is 1. The van der Waals surface area contributed by atoms with E-state index in [1.54, 1.807) is 23.5 Å². The van der Waals surface area contributed by atoms with Crippen molar-refractivity contribution >= 4 is 32.6 Å². The number of hydrogen-bond donors (Lipinski definition) is 1. The zero-order valence-electron chi connectivity index (χ0n) is 16.7. The average Bonchev–Trinajstić information content (AvgIpc) is 3.10. The van der Waals surface area contributed by atoms with Gasteiger partial charge in [-0.3, -0.25) is 4.79 Å². The first-order valence-electron chi connectivity index (χ1n) is 11.2. The number of nitrogens with zero attached hydrogens (tertiary/aromatic N) is 2. The summed E-state index contributed by atoms with van der Waals surface area (Å²) in [4.78, 5) is 20.1. The summed E-state index contributed by atoms with van der Waals surface area (Å²) in [6.07, 6.45) is 9.60. The van der Waals surface area contributed by atoms with Gasteiger partial charge in [0.2, 0.25) is 5.91 Å². The molecule has 4 bridgehead atoms. The molecule has 1 saturated heterocycles. The van der Waals surface area contributed by atoms with Crippen LogP contribution in [0.4, 0.5) is 9.52 Å². The van der Waals surface area contributed by atoms with Crippen molar-refractivity contribution in [3.63, 3.8) is 0 Å². The van der Waals surface area contributed by atoms with Crippen LogP contribution in [-0.2, 0) is 4.79 Å². The molecule has 2 heterocycles. The Bertz CT molecular complexity index is 913. The van der Waals surface area contributed by atoms with Gasteiger partial charge in [-0.1, -0.05) is 11.3 Å². The first kappa shape index (κ1) is 18.1. The van der Waals surface area contributed by atoms with E-state index in [4.69, 9.17) is 0 Å². The summed E-state index contributed by atoms with van der Waals surface area (Å²) in [6, 6.07) is 4.77. The van der Waals surface area contributed by atoms with E-state index in [1.807, 2.05) is 0 Å². The molecule has 4 aliphatic carbocycles. The molecule has 154 valence electrons. The van der Waals surface area contributed by atoms with Crippen LogP contribution in [-0.4, -0.2) is 29.5 Å². The maximum absolute atomic E-state index is 13.5. The summed E-state index contributed by atoms with van der Waals surface area (Å²) < 4.78 is 14.3. The summed E-state index contributed by atoms with van der Waals surface area (Å²) >= 11 is 1.55. The molecule has 29 heavy (non-hydrogen) atoms. The monoisotopic (exact) mass is 413 g/mol. The van der Waals surface area contributed by atoms with Crippen molar-refractivity contribution in [2.75, 3.05) is 18.0 Å². The maximum atomic E-state index is 13.5. The average molecular weight is 414 g/mol. The van der Waals surface area contributed by atoms with Crippen molar-refractivity contribution < 1.29 is 9.18 Å². The van der Waals surface area contributed by atoms with Gasteiger partial charge in [0.1, 0.15) is 5.82 Å². The maximum Gasteiger partial charge on any atom is 0.223 e. The lowest BCUT2D eigenvalue weighted by Gasteiger charge is -2.57. The fraction of sp³-hybridized carbons (Fsp3) is 0.652. The number of nitrogens with one attached hydrogen (secondary N) is 1. The highest BCUT2D eigenvalue weighted by atomic mass is 32.1. The molecule has 1 aliphatic heterocycles. The molecule has 2 aromatic rings. The van der Waals surface area contributed by atoms with Crippen molar-refractivity contribution in [1.82, 2.24) is 10.3 Å². The van der Waals surface area contributed by atoms with Crippen LogP contribution < -0.4 is 10.2 Å². The van der Waals surface area contributed by atoms with Gasteiger partial charge in [0.25, 0.3) is 0 Å². The summed E-state index contributed by atoms with van der Waals surface area (Å²) in [7, 11) is 0. The molecule has 1 N–H and O–H groups in total. The van der Waals surface area contributed by atoms with Gasteiger partial charge < -0.3 is 10.2 Å². The molecule has 0 spiro atoms. The first-order chi connectivity index (χ1) is 14.1. The number of halogens is 1. The largest absolute Gasteiger partial charge is 0.350 e. The predicted octanol–water partition coefficient (Wildman–Crippen LogP) is 4.74. The topological polar surface area (TPSA) is 45.2 Å². The van der Waals surface area contributed by atoms with E-state index in [0.29, 0.717) is 0 Å². The lowest BCUT2D eigenvalue weighted by Crippen LogP contribution is -2.61. The lowest BCUT2D eigenvalue weighted by molar-refractivity contribution is -0.131. The fourth-order valence-corrected chi connectivity index (χ4v) is 8.02. The van der Waals surface area contributed by atoms with Gasteiger partial charge in [0, 0.05) is 24.5 Å². The van der Waals surface area contributed by atoms with Crippen LogP contribution in [0, 0.1) is 29.5 Å². The van der Waals surface area contributed by atoms with Crippen LogP contribution in [0.3, 0.4) is 0 Å². The summed E-state index contributed by atoms with van der Waals surface area (Å²) in [6.45, 7) is 1.70. The van der Waals surface area contributed by atoms with Crippen LogP contribution in [0.15, 0.2) is 18.2 Å². The fourth-order valence-electron chi connectivity index (χ4n) is 6.98. The number of thiazole rings is 1. The zero-order chi connectivity index (χ0) is 19.6. The second kappa shape index (κ2) is 6.66. The molecule has 0 radical (unpaired) electrons. The quantitative estimate of drug-likeness (QED) is 0.791. The number of anilines is 1. The molecule has 1 amide bonds. The van der Waals surface area contributed by atoms with Gasteiger partial charge in [-0.2, -0.15) is 0 Å². The van der Waals surface area contributed by atoms with E-state index in [1.165, 1.54) is 44.6 Å². The summed E-state index contributed by atoms with van der Waals surface area (Å²) in [5.74, 6) is 2.75. The normalized spacial score (nSPS) is 34.1. The van der Waals surface area contributed by atoms with Crippen molar-refractivity contribution in [3.05, 3.63) is 24.0 Å². The molecule has 1 aromatic heterocycles. The number of carbonyl (C=O) groups excluding carboxylic acids is 1. The van der Waals surface area contributed by atoms with E-state index in [0.717, 1.165) is 59.0 Å². The van der Waals surface area contributed by atoms with Gasteiger partial charge in [-0.15, -0.1) is 0 Å². The minimum atomic E-state index is -0.215. The number of benzene rings is 1. The van der Waals surface area contributed by atoms with Crippen LogP contribution in [0.5, 0.6) is 0 Å². The van der Waals surface area contributed by atoms with Gasteiger partial charge >= 0.3 is 0 Å². The van der Waals surface area contributed by atoms with E-state index in [2.05, 4.69) is 15.2 Å². The Labute approximate surface area is 174 Å². The lowest BCUT2D eigenvalue weighted by atomic mass is 9.53. The number of fused-ring (bicyclic) bond motifs is 1. The molecular formula is C23H28FN3OS. The number of rotatable bonds is 3. The van der Waals surface area contributed by atoms with Crippen molar-refractivity contribution in [3.8, 4) is 0 Å². The van der Waals surface area contributed by atoms with Gasteiger partial charge in [0.05, 0.1) is 10.2 Å². The van der Waals surface area contributed by atoms with Gasteiger partial charge in [-0.05, 0) is 87.3 Å². The summed E-state index contributed by atoms with van der Waals surface area (Å²) in [5, 5.41) is 4.51. The Morgan fingerprint density at radius 1 is 1.10 bits per heavy atom. The predicted molar refractivity (Wildman–Crippen MR) is 114 cm³/mol. The molecule has 4 saturated carbocycles. The van der Waals surface area contributed by atoms with Gasteiger partial charge in [-0.25, -0.2) is 9.37 Å². The standard InChI is InChI=1S/C23H28FN3OS/c24-18-1-2-19-20(10-18)29-22(25-19)27-5-3-17(4-6-27)21(28)26-23-11-14-7-15(12-23)9-16(8-14)13-23/h1-2,10,14-17H,3-9,11-13H2,(H,26,28). The Kier molecular flexibility index (Phi) is 4.16. The molecular weight excluding hydrogens is 385 g/mol. The van der Waals surface area contributed by atoms with E-state index >= 15 is 0 Å². The van der Waals surface area contributed by atoms with Crippen molar-refractivity contribution in [2.24, 2.45) is 23.7 Å². The third kappa shape index (κ3) is 3.24. The Morgan fingerprint density at radius 3 is 2.41 bits per heavy atom. The third-order valence-electron chi connectivity index (χ3n) is 7.90. The highest BCUT2D eigenvalue weighted by Gasteiger charge is 2.51. The first-order valence-corrected chi connectivity index (χ1v) is 12.0. The third-order valence-corrected chi connectivity index (χ3v) is 8.98. The highest BCUT2D eigenvalue weighted by Crippen LogP contribution is 2.55. The molecule has 0 unspecified atom stereocenters. The van der Waals surface area contributed by atoms with E-state index < -0.39 is 0 Å². The van der Waals surface area contributed by atoms with Crippen molar-refractivity contribution in [1.29, 1.82) is 0 Å². The number of carbonyl (C=O) groups is 1. The highest BCUT2D eigenvalue weighted by molar-refractivity contribution is 7.22. The molecule has 6 heteroatoms. The number of hydrogen-bond acceptors (Lipinski definition) is 4. The van der Waals surface area contributed by atoms with Crippen molar-refractivity contribution in [2.45, 2.75) is 56.9 Å². The molecule has 7 rings (SSSR count). The molecule has 5 aliphatic rings. The van der Waals surface area contributed by atoms with Gasteiger partial charge in [0.15, 0.2) is 5.13 Å². The Balaban J connectivity index is 1.10. The van der Waals surface area contributed by atoms with E-state index in [-0.39, 0.29) is 23.2 Å². The van der Waals surface area contributed by atoms with E-state index in [9.17, 15) is 9.18 Å². The Hall–Kier alpha value is -1.69. The molecule has 4 nitrogen and oxygen atoms in total. The van der Waals surface area contributed by atoms with Crippen LogP contribution >= 0.6 is 11.3 Å². The molecule has 1 aromatic carbocycles. The number of piperidine rings is 1. The second-order valence-electron chi connectivity index (χ2n) is 10.1. The second-order valence-corrected chi connectivity index (χ2v) is 11.1. The smallest absolute Gasteiger partial charge is 0.223 e. The minimum Gasteiger partial charge on any atom is -0.350 e. The summed E-state index contributed by atoms with van der Waals surface area (Å²) in [5.41, 5.74) is 0.966.